The van der Waals surface area contributed by atoms with Crippen molar-refractivity contribution in [2.75, 3.05) is 25.5 Å². The maximum absolute atomic E-state index is 11.7. The van der Waals surface area contributed by atoms with Gasteiger partial charge in [-0.2, -0.15) is 4.98 Å². The van der Waals surface area contributed by atoms with E-state index in [1.165, 1.54) is 6.39 Å². The minimum atomic E-state index is -0.119. The number of aromatic nitrogens is 2. The zero-order valence-corrected chi connectivity index (χ0v) is 11.1. The minimum Gasteiger partial charge on any atom is -0.497 e. The SMILES string of the molecule is COc1cccc(NC(=O)CNCCc2ncon2)c1. The summed E-state index contributed by atoms with van der Waals surface area (Å²) in [6, 6.07) is 7.20. The van der Waals surface area contributed by atoms with Crippen molar-refractivity contribution in [2.24, 2.45) is 0 Å². The molecule has 2 aromatic rings. The first-order chi connectivity index (χ1) is 9.78. The van der Waals surface area contributed by atoms with Crippen LogP contribution in [-0.2, 0) is 11.2 Å². The molecular formula is C13H16N4O3. The predicted octanol–water partition coefficient (Wildman–Crippen LogP) is 0.849. The van der Waals surface area contributed by atoms with Crippen molar-refractivity contribution >= 4 is 11.6 Å². The average Bonchev–Trinajstić information content (AvgIpc) is 2.97. The van der Waals surface area contributed by atoms with E-state index in [1.54, 1.807) is 19.2 Å². The third-order valence-electron chi connectivity index (χ3n) is 2.57. The molecule has 0 aliphatic heterocycles. The van der Waals surface area contributed by atoms with Gasteiger partial charge in [0.2, 0.25) is 12.3 Å². The van der Waals surface area contributed by atoms with Crippen molar-refractivity contribution in [3.63, 3.8) is 0 Å². The number of ether oxygens (including phenoxy) is 1. The maximum atomic E-state index is 11.7. The summed E-state index contributed by atoms with van der Waals surface area (Å²) in [6.45, 7) is 0.820. The van der Waals surface area contributed by atoms with Gasteiger partial charge in [-0.15, -0.1) is 0 Å². The van der Waals surface area contributed by atoms with Crippen LogP contribution in [0.1, 0.15) is 5.82 Å². The van der Waals surface area contributed by atoms with Crippen molar-refractivity contribution in [1.29, 1.82) is 0 Å². The molecule has 0 bridgehead atoms. The summed E-state index contributed by atoms with van der Waals surface area (Å²) in [5.41, 5.74) is 0.703. The molecule has 1 amide bonds. The Morgan fingerprint density at radius 2 is 2.35 bits per heavy atom. The summed E-state index contributed by atoms with van der Waals surface area (Å²) in [7, 11) is 1.58. The van der Waals surface area contributed by atoms with Crippen molar-refractivity contribution in [3.8, 4) is 5.75 Å². The lowest BCUT2D eigenvalue weighted by Gasteiger charge is -2.07. The fourth-order valence-electron chi connectivity index (χ4n) is 1.61. The molecule has 2 N–H and O–H groups in total. The van der Waals surface area contributed by atoms with Gasteiger partial charge in [0, 0.05) is 24.7 Å². The van der Waals surface area contributed by atoms with Gasteiger partial charge in [-0.1, -0.05) is 11.2 Å². The highest BCUT2D eigenvalue weighted by atomic mass is 16.5. The second kappa shape index (κ2) is 7.25. The number of methoxy groups -OCH3 is 1. The fraction of sp³-hybridized carbons (Fsp3) is 0.308. The van der Waals surface area contributed by atoms with Crippen LogP contribution in [-0.4, -0.2) is 36.2 Å². The van der Waals surface area contributed by atoms with E-state index >= 15 is 0 Å². The molecule has 0 aliphatic carbocycles. The number of nitrogens with zero attached hydrogens (tertiary/aromatic N) is 2. The van der Waals surface area contributed by atoms with Crippen LogP contribution in [0.5, 0.6) is 5.75 Å². The van der Waals surface area contributed by atoms with Crippen LogP contribution in [0.4, 0.5) is 5.69 Å². The summed E-state index contributed by atoms with van der Waals surface area (Å²) in [5, 5.41) is 9.47. The number of amides is 1. The second-order valence-corrected chi connectivity index (χ2v) is 4.05. The zero-order valence-electron chi connectivity index (χ0n) is 11.1. The van der Waals surface area contributed by atoms with Crippen molar-refractivity contribution in [3.05, 3.63) is 36.5 Å². The molecule has 0 atom stereocenters. The molecule has 0 radical (unpaired) electrons. The van der Waals surface area contributed by atoms with Crippen LogP contribution in [0.3, 0.4) is 0 Å². The lowest BCUT2D eigenvalue weighted by atomic mass is 10.3. The smallest absolute Gasteiger partial charge is 0.238 e. The third-order valence-corrected chi connectivity index (χ3v) is 2.57. The molecule has 0 saturated carbocycles. The molecule has 106 valence electrons. The number of nitrogens with one attached hydrogen (secondary N) is 2. The van der Waals surface area contributed by atoms with Crippen LogP contribution < -0.4 is 15.4 Å². The highest BCUT2D eigenvalue weighted by molar-refractivity contribution is 5.92. The highest BCUT2D eigenvalue weighted by Crippen LogP contribution is 2.16. The Kier molecular flexibility index (Phi) is 5.08. The Labute approximate surface area is 116 Å². The van der Waals surface area contributed by atoms with E-state index in [4.69, 9.17) is 4.74 Å². The number of hydrogen-bond donors (Lipinski definition) is 2. The number of rotatable bonds is 7. The van der Waals surface area contributed by atoms with Gasteiger partial charge in [-0.3, -0.25) is 4.79 Å². The van der Waals surface area contributed by atoms with Gasteiger partial charge < -0.3 is 19.9 Å². The Morgan fingerprint density at radius 3 is 3.10 bits per heavy atom. The molecule has 0 spiro atoms. The van der Waals surface area contributed by atoms with Gasteiger partial charge >= 0.3 is 0 Å². The summed E-state index contributed by atoms with van der Waals surface area (Å²) in [4.78, 5) is 15.6. The Morgan fingerprint density at radius 1 is 1.45 bits per heavy atom. The number of benzene rings is 1. The highest BCUT2D eigenvalue weighted by Gasteiger charge is 2.03. The first kappa shape index (κ1) is 14.0. The molecule has 0 fully saturated rings. The monoisotopic (exact) mass is 276 g/mol. The lowest BCUT2D eigenvalue weighted by molar-refractivity contribution is -0.115. The van der Waals surface area contributed by atoms with Crippen LogP contribution in [0.15, 0.2) is 35.2 Å². The van der Waals surface area contributed by atoms with Gasteiger partial charge in [0.25, 0.3) is 0 Å². The van der Waals surface area contributed by atoms with Gasteiger partial charge in [0.05, 0.1) is 13.7 Å². The second-order valence-electron chi connectivity index (χ2n) is 4.05. The van der Waals surface area contributed by atoms with Gasteiger partial charge in [-0.05, 0) is 12.1 Å². The molecule has 1 aromatic heterocycles. The zero-order chi connectivity index (χ0) is 14.2. The quantitative estimate of drug-likeness (QED) is 0.729. The van der Waals surface area contributed by atoms with Gasteiger partial charge in [-0.25, -0.2) is 0 Å². The van der Waals surface area contributed by atoms with Crippen LogP contribution in [0.2, 0.25) is 0 Å². The van der Waals surface area contributed by atoms with Crippen molar-refractivity contribution in [1.82, 2.24) is 15.5 Å². The molecule has 7 heteroatoms. The molecule has 7 nitrogen and oxygen atoms in total. The van der Waals surface area contributed by atoms with E-state index in [2.05, 4.69) is 25.3 Å². The Hall–Kier alpha value is -2.41. The lowest BCUT2D eigenvalue weighted by Crippen LogP contribution is -2.29. The molecule has 0 unspecified atom stereocenters. The molecular weight excluding hydrogens is 260 g/mol. The molecule has 2 rings (SSSR count). The minimum absolute atomic E-state index is 0.119. The van der Waals surface area contributed by atoms with Gasteiger partial charge in [0.15, 0.2) is 5.82 Å². The Bertz CT molecular complexity index is 542. The molecule has 20 heavy (non-hydrogen) atoms. The van der Waals surface area contributed by atoms with E-state index in [0.717, 1.165) is 0 Å². The standard InChI is InChI=1S/C13H16N4O3/c1-19-11-4-2-3-10(7-11)16-13(18)8-14-6-5-12-15-9-20-17-12/h2-4,7,9,14H,5-6,8H2,1H3,(H,16,18). The normalized spacial score (nSPS) is 10.2. The van der Waals surface area contributed by atoms with Crippen LogP contribution in [0.25, 0.3) is 0 Å². The number of hydrogen-bond acceptors (Lipinski definition) is 6. The first-order valence-corrected chi connectivity index (χ1v) is 6.18. The third kappa shape index (κ3) is 4.36. The summed E-state index contributed by atoms with van der Waals surface area (Å²) >= 11 is 0. The summed E-state index contributed by atoms with van der Waals surface area (Å²) < 4.78 is 9.70. The fourth-order valence-corrected chi connectivity index (χ4v) is 1.61. The summed E-state index contributed by atoms with van der Waals surface area (Å²) in [6.07, 6.45) is 1.90. The topological polar surface area (TPSA) is 89.3 Å². The molecule has 1 heterocycles. The summed E-state index contributed by atoms with van der Waals surface area (Å²) in [5.74, 6) is 1.20. The molecule has 0 saturated heterocycles. The average molecular weight is 276 g/mol. The molecule has 1 aromatic carbocycles. The largest absolute Gasteiger partial charge is 0.497 e. The van der Waals surface area contributed by atoms with Crippen LogP contribution >= 0.6 is 0 Å². The first-order valence-electron chi connectivity index (χ1n) is 6.18. The predicted molar refractivity (Wildman–Crippen MR) is 72.5 cm³/mol. The van der Waals surface area contributed by atoms with Gasteiger partial charge in [0.1, 0.15) is 5.75 Å². The van der Waals surface area contributed by atoms with E-state index in [-0.39, 0.29) is 12.5 Å². The van der Waals surface area contributed by atoms with Crippen LogP contribution in [0, 0.1) is 0 Å². The van der Waals surface area contributed by atoms with Crippen molar-refractivity contribution < 1.29 is 14.1 Å². The van der Waals surface area contributed by atoms with Crippen molar-refractivity contribution in [2.45, 2.75) is 6.42 Å². The van der Waals surface area contributed by atoms with E-state index in [9.17, 15) is 4.79 Å². The van der Waals surface area contributed by atoms with E-state index in [0.29, 0.717) is 30.2 Å². The maximum Gasteiger partial charge on any atom is 0.238 e. The number of carbonyl (C=O) groups is 1. The Balaban J connectivity index is 1.69. The van der Waals surface area contributed by atoms with E-state index < -0.39 is 0 Å². The number of anilines is 1. The number of carbonyl (C=O) groups excluding carboxylic acids is 1. The van der Waals surface area contributed by atoms with E-state index in [1.807, 2.05) is 12.1 Å². The molecule has 0 aliphatic rings.